The van der Waals surface area contributed by atoms with Crippen LogP contribution in [0.5, 0.6) is 0 Å². The number of esters is 3. The number of carbonyl (C=O) groups excluding carboxylic acids is 3. The zero-order valence-corrected chi connectivity index (χ0v) is 16.0. The van der Waals surface area contributed by atoms with Crippen LogP contribution in [0.15, 0.2) is 37.5 Å². The molecule has 0 aromatic rings. The summed E-state index contributed by atoms with van der Waals surface area (Å²) < 4.78 is 13.6. The lowest BCUT2D eigenvalue weighted by Crippen LogP contribution is -2.05. The molecule has 0 bridgehead atoms. The van der Waals surface area contributed by atoms with Crippen molar-refractivity contribution in [1.29, 1.82) is 0 Å². The highest BCUT2D eigenvalue weighted by molar-refractivity contribution is 5.86. The summed E-state index contributed by atoms with van der Waals surface area (Å²) in [6.07, 6.45) is 6.24. The number of hydrogen-bond donors (Lipinski definition) is 0. The molecule has 0 N–H and O–H groups in total. The summed E-state index contributed by atoms with van der Waals surface area (Å²) in [6, 6.07) is 0. The predicted octanol–water partition coefficient (Wildman–Crippen LogP) is 3.77. The van der Waals surface area contributed by atoms with Gasteiger partial charge in [-0.25, -0.2) is 14.4 Å². The molecule has 0 heterocycles. The highest BCUT2D eigenvalue weighted by Crippen LogP contribution is 1.94. The first kappa shape index (κ1) is 27.5. The molecule has 0 amide bonds. The molecule has 25 heavy (non-hydrogen) atoms. The molecule has 0 aliphatic heterocycles. The zero-order valence-electron chi connectivity index (χ0n) is 16.0. The molecule has 0 saturated heterocycles. The van der Waals surface area contributed by atoms with Crippen molar-refractivity contribution in [2.45, 2.75) is 46.5 Å². The van der Waals surface area contributed by atoms with Crippen molar-refractivity contribution in [2.24, 2.45) is 0 Å². The Morgan fingerprint density at radius 2 is 1.32 bits per heavy atom. The molecule has 0 rings (SSSR count). The molecule has 6 heteroatoms. The maximum Gasteiger partial charge on any atom is 0.333 e. The van der Waals surface area contributed by atoms with Crippen LogP contribution in [0.25, 0.3) is 0 Å². The van der Waals surface area contributed by atoms with E-state index in [-0.39, 0.29) is 11.9 Å². The minimum Gasteiger partial charge on any atom is -0.466 e. The maximum atomic E-state index is 10.7. The Morgan fingerprint density at radius 3 is 1.60 bits per heavy atom. The maximum absolute atomic E-state index is 10.7. The second-order valence-corrected chi connectivity index (χ2v) is 4.72. The van der Waals surface area contributed by atoms with Crippen LogP contribution in [-0.4, -0.2) is 38.2 Å². The fraction of sp³-hybridized carbons (Fsp3) is 0.526. The van der Waals surface area contributed by atoms with Gasteiger partial charge in [-0.1, -0.05) is 46.4 Å². The Morgan fingerprint density at radius 1 is 0.880 bits per heavy atom. The molecular weight excluding hydrogens is 324 g/mol. The molecule has 0 atom stereocenters. The molecule has 0 aromatic heterocycles. The summed E-state index contributed by atoms with van der Waals surface area (Å²) >= 11 is 0. The monoisotopic (exact) mass is 356 g/mol. The van der Waals surface area contributed by atoms with Crippen LogP contribution in [0.3, 0.4) is 0 Å². The Bertz CT molecular complexity index is 412. The second-order valence-electron chi connectivity index (χ2n) is 4.72. The van der Waals surface area contributed by atoms with Crippen molar-refractivity contribution in [2.75, 3.05) is 20.3 Å². The van der Waals surface area contributed by atoms with Gasteiger partial charge in [-0.3, -0.25) is 0 Å². The van der Waals surface area contributed by atoms with Crippen molar-refractivity contribution in [3.63, 3.8) is 0 Å². The van der Waals surface area contributed by atoms with Gasteiger partial charge in [-0.05, 0) is 19.8 Å². The molecule has 0 radical (unpaired) electrons. The number of rotatable bonds is 9. The fourth-order valence-corrected chi connectivity index (χ4v) is 0.892. The molecule has 144 valence electrons. The van der Waals surface area contributed by atoms with Crippen LogP contribution in [-0.2, 0) is 28.6 Å². The van der Waals surface area contributed by atoms with E-state index in [0.717, 1.165) is 31.8 Å². The largest absolute Gasteiger partial charge is 0.466 e. The first-order valence-corrected chi connectivity index (χ1v) is 8.12. The third-order valence-electron chi connectivity index (χ3n) is 2.36. The summed E-state index contributed by atoms with van der Waals surface area (Å²) in [5, 5.41) is 0. The van der Waals surface area contributed by atoms with Crippen LogP contribution < -0.4 is 0 Å². The van der Waals surface area contributed by atoms with E-state index >= 15 is 0 Å². The fourth-order valence-electron chi connectivity index (χ4n) is 0.892. The van der Waals surface area contributed by atoms with Gasteiger partial charge in [0.1, 0.15) is 0 Å². The average Bonchev–Trinajstić information content (AvgIpc) is 2.62. The summed E-state index contributed by atoms with van der Waals surface area (Å²) in [7, 11) is 1.31. The van der Waals surface area contributed by atoms with E-state index in [1.807, 2.05) is 6.92 Å². The highest BCUT2D eigenvalue weighted by atomic mass is 16.5. The lowest BCUT2D eigenvalue weighted by atomic mass is 10.3. The quantitative estimate of drug-likeness (QED) is 0.271. The molecule has 0 saturated carbocycles. The first-order valence-electron chi connectivity index (χ1n) is 8.12. The zero-order chi connectivity index (χ0) is 20.1. The number of hydrogen-bond acceptors (Lipinski definition) is 6. The molecular formula is C19H32O6. The van der Waals surface area contributed by atoms with Gasteiger partial charge in [0.25, 0.3) is 0 Å². The Labute approximate surface area is 151 Å². The van der Waals surface area contributed by atoms with Gasteiger partial charge in [0.05, 0.1) is 20.3 Å². The second kappa shape index (κ2) is 21.6. The van der Waals surface area contributed by atoms with E-state index in [2.05, 4.69) is 36.1 Å². The van der Waals surface area contributed by atoms with E-state index in [1.54, 1.807) is 6.92 Å². The van der Waals surface area contributed by atoms with Crippen LogP contribution in [0.4, 0.5) is 0 Å². The Balaban J connectivity index is -0.000000300. The lowest BCUT2D eigenvalue weighted by Gasteiger charge is -2.01. The minimum absolute atomic E-state index is 0.284. The van der Waals surface area contributed by atoms with Crippen molar-refractivity contribution in [1.82, 2.24) is 0 Å². The molecule has 0 unspecified atom stereocenters. The van der Waals surface area contributed by atoms with Crippen LogP contribution >= 0.6 is 0 Å². The van der Waals surface area contributed by atoms with E-state index < -0.39 is 5.97 Å². The standard InChI is InChI=1S/C8H14O2.C7H12O2.C4H6O2/c1-4-5-6-10-8(9)7(2)3;1-3-5-6-9-7(8)4-2;1-3-4(5)6-2/h2,4-6H2,1,3H3;4H,2-3,5-6H2,1H3;3H,1H2,2H3. The van der Waals surface area contributed by atoms with Crippen molar-refractivity contribution in [3.8, 4) is 0 Å². The SMILES string of the molecule is C=C(C)C(=O)OCCCC.C=CC(=O)OC.C=CC(=O)OCCCC. The first-order chi connectivity index (χ1) is 11.8. The van der Waals surface area contributed by atoms with Gasteiger partial charge in [0.2, 0.25) is 0 Å². The third kappa shape index (κ3) is 26.8. The summed E-state index contributed by atoms with van der Waals surface area (Å²) in [4.78, 5) is 30.9. The van der Waals surface area contributed by atoms with E-state index in [4.69, 9.17) is 4.74 Å². The van der Waals surface area contributed by atoms with Crippen LogP contribution in [0.2, 0.25) is 0 Å². The third-order valence-corrected chi connectivity index (χ3v) is 2.36. The van der Waals surface area contributed by atoms with Gasteiger partial charge in [-0.15, -0.1) is 0 Å². The molecule has 6 nitrogen and oxygen atoms in total. The van der Waals surface area contributed by atoms with Gasteiger partial charge < -0.3 is 14.2 Å². The topological polar surface area (TPSA) is 78.9 Å². The molecule has 0 spiro atoms. The highest BCUT2D eigenvalue weighted by Gasteiger charge is 2.00. The number of carbonyl (C=O) groups is 3. The smallest absolute Gasteiger partial charge is 0.333 e. The summed E-state index contributed by atoms with van der Waals surface area (Å²) in [6.45, 7) is 16.7. The molecule has 0 aromatic carbocycles. The van der Waals surface area contributed by atoms with Crippen molar-refractivity contribution < 1.29 is 28.6 Å². The average molecular weight is 356 g/mol. The van der Waals surface area contributed by atoms with Gasteiger partial charge in [0.15, 0.2) is 0 Å². The molecule has 0 aliphatic rings. The minimum atomic E-state index is -0.394. The van der Waals surface area contributed by atoms with Gasteiger partial charge >= 0.3 is 17.9 Å². The number of unbranched alkanes of at least 4 members (excludes halogenated alkanes) is 2. The van der Waals surface area contributed by atoms with E-state index in [0.29, 0.717) is 18.8 Å². The molecule has 0 fully saturated rings. The van der Waals surface area contributed by atoms with E-state index in [9.17, 15) is 14.4 Å². The summed E-state index contributed by atoms with van der Waals surface area (Å²) in [5.74, 6) is -1.01. The lowest BCUT2D eigenvalue weighted by molar-refractivity contribution is -0.139. The number of ether oxygens (including phenoxy) is 3. The van der Waals surface area contributed by atoms with Gasteiger partial charge in [0, 0.05) is 17.7 Å². The van der Waals surface area contributed by atoms with Crippen LogP contribution in [0.1, 0.15) is 46.5 Å². The Hall–Kier alpha value is -2.37. The van der Waals surface area contributed by atoms with Crippen molar-refractivity contribution in [3.05, 3.63) is 37.5 Å². The van der Waals surface area contributed by atoms with Gasteiger partial charge in [-0.2, -0.15) is 0 Å². The Kier molecular flexibility index (Phi) is 23.8. The predicted molar refractivity (Wildman–Crippen MR) is 99.0 cm³/mol. The van der Waals surface area contributed by atoms with Crippen LogP contribution in [0, 0.1) is 0 Å². The number of methoxy groups -OCH3 is 1. The van der Waals surface area contributed by atoms with Crippen molar-refractivity contribution >= 4 is 17.9 Å². The summed E-state index contributed by atoms with van der Waals surface area (Å²) in [5.41, 5.74) is 0.469. The molecule has 0 aliphatic carbocycles. The normalized spacial score (nSPS) is 8.32. The van der Waals surface area contributed by atoms with E-state index in [1.165, 1.54) is 13.2 Å².